The van der Waals surface area contributed by atoms with Crippen LogP contribution >= 0.6 is 11.6 Å². The van der Waals surface area contributed by atoms with Gasteiger partial charge in [0.2, 0.25) is 0 Å². The Kier molecular flexibility index (Phi) is 4.95. The number of nitrogens with one attached hydrogen (secondary N) is 2. The van der Waals surface area contributed by atoms with Crippen molar-refractivity contribution >= 4 is 35.3 Å². The van der Waals surface area contributed by atoms with Crippen molar-refractivity contribution in [1.29, 1.82) is 0 Å². The Hall–Kier alpha value is -2.60. The molecular weight excluding hydrogens is 306 g/mol. The van der Waals surface area contributed by atoms with Gasteiger partial charge in [-0.25, -0.2) is 5.43 Å². The Balaban J connectivity index is 1.93. The van der Waals surface area contributed by atoms with Gasteiger partial charge in [-0.3, -0.25) is 9.59 Å². The van der Waals surface area contributed by atoms with Gasteiger partial charge in [0, 0.05) is 10.7 Å². The van der Waals surface area contributed by atoms with Gasteiger partial charge in [-0.15, -0.1) is 0 Å². The van der Waals surface area contributed by atoms with Gasteiger partial charge in [-0.1, -0.05) is 17.7 Å². The first kappa shape index (κ1) is 15.8. The molecule has 2 amide bonds. The summed E-state index contributed by atoms with van der Waals surface area (Å²) in [5, 5.41) is 6.63. The maximum Gasteiger partial charge on any atom is 0.329 e. The molecule has 0 saturated heterocycles. The summed E-state index contributed by atoms with van der Waals surface area (Å²) in [6.07, 6.45) is 1.31. The summed E-state index contributed by atoms with van der Waals surface area (Å²) >= 11 is 5.94. The van der Waals surface area contributed by atoms with Crippen LogP contribution in [0.3, 0.4) is 0 Å². The molecule has 7 heteroatoms. The summed E-state index contributed by atoms with van der Waals surface area (Å²) < 4.78 is 5.23. The zero-order valence-corrected chi connectivity index (χ0v) is 12.8. The second kappa shape index (κ2) is 6.91. The van der Waals surface area contributed by atoms with Crippen LogP contribution < -0.4 is 10.7 Å². The summed E-state index contributed by atoms with van der Waals surface area (Å²) in [6, 6.07) is 8.49. The van der Waals surface area contributed by atoms with Gasteiger partial charge in [-0.2, -0.15) is 5.10 Å². The first-order valence-corrected chi connectivity index (χ1v) is 6.81. The summed E-state index contributed by atoms with van der Waals surface area (Å²) in [5.74, 6) is -0.525. The van der Waals surface area contributed by atoms with Crippen molar-refractivity contribution in [3.8, 4) is 0 Å². The van der Waals surface area contributed by atoms with Crippen LogP contribution in [0.5, 0.6) is 0 Å². The first-order chi connectivity index (χ1) is 10.5. The standard InChI is InChI=1S/C15H14ClN3O3/c1-9-6-7-11(22-9)8-17-19-15(21)14(20)18-13-5-3-4-12(16)10(13)2/h3-8H,1-2H3,(H,18,20)(H,19,21)/b17-8-. The highest BCUT2D eigenvalue weighted by Gasteiger charge is 2.14. The third-order valence-electron chi connectivity index (χ3n) is 2.84. The number of carbonyl (C=O) groups is 2. The zero-order chi connectivity index (χ0) is 16.1. The SMILES string of the molecule is Cc1ccc(/C=N\NC(=O)C(=O)Nc2cccc(Cl)c2C)o1. The fraction of sp³-hybridized carbons (Fsp3) is 0.133. The van der Waals surface area contributed by atoms with Gasteiger partial charge in [0.15, 0.2) is 0 Å². The third-order valence-corrected chi connectivity index (χ3v) is 3.25. The first-order valence-electron chi connectivity index (χ1n) is 6.43. The van der Waals surface area contributed by atoms with Crippen molar-refractivity contribution in [2.75, 3.05) is 5.32 Å². The van der Waals surface area contributed by atoms with E-state index in [-0.39, 0.29) is 0 Å². The van der Waals surface area contributed by atoms with Crippen molar-refractivity contribution in [2.24, 2.45) is 5.10 Å². The van der Waals surface area contributed by atoms with E-state index in [9.17, 15) is 9.59 Å². The predicted molar refractivity (Wildman–Crippen MR) is 84.0 cm³/mol. The van der Waals surface area contributed by atoms with Crippen LogP contribution in [0.1, 0.15) is 17.1 Å². The molecule has 0 atom stereocenters. The Morgan fingerprint density at radius 3 is 2.64 bits per heavy atom. The van der Waals surface area contributed by atoms with Gasteiger partial charge >= 0.3 is 11.8 Å². The lowest BCUT2D eigenvalue weighted by atomic mass is 10.2. The topological polar surface area (TPSA) is 83.7 Å². The number of hydrogen-bond donors (Lipinski definition) is 2. The number of anilines is 1. The second-order valence-corrected chi connectivity index (χ2v) is 4.92. The molecule has 1 aromatic carbocycles. The zero-order valence-electron chi connectivity index (χ0n) is 12.0. The Labute approximate surface area is 132 Å². The summed E-state index contributed by atoms with van der Waals surface area (Å²) in [7, 11) is 0. The highest BCUT2D eigenvalue weighted by molar-refractivity contribution is 6.40. The van der Waals surface area contributed by atoms with Crippen LogP contribution in [0.25, 0.3) is 0 Å². The molecule has 6 nitrogen and oxygen atoms in total. The Morgan fingerprint density at radius 2 is 1.95 bits per heavy atom. The van der Waals surface area contributed by atoms with Gasteiger partial charge < -0.3 is 9.73 Å². The van der Waals surface area contributed by atoms with Gasteiger partial charge in [-0.05, 0) is 43.7 Å². The molecule has 0 aliphatic carbocycles. The minimum absolute atomic E-state index is 0.471. The highest BCUT2D eigenvalue weighted by atomic mass is 35.5. The van der Waals surface area contributed by atoms with Gasteiger partial charge in [0.1, 0.15) is 11.5 Å². The van der Waals surface area contributed by atoms with Crippen molar-refractivity contribution < 1.29 is 14.0 Å². The van der Waals surface area contributed by atoms with E-state index >= 15 is 0 Å². The van der Waals surface area contributed by atoms with E-state index < -0.39 is 11.8 Å². The van der Waals surface area contributed by atoms with Crippen LogP contribution in [-0.2, 0) is 9.59 Å². The predicted octanol–water partition coefficient (Wildman–Crippen LogP) is 2.64. The Morgan fingerprint density at radius 1 is 1.18 bits per heavy atom. The normalized spacial score (nSPS) is 10.7. The van der Waals surface area contributed by atoms with E-state index in [4.69, 9.17) is 16.0 Å². The van der Waals surface area contributed by atoms with Crippen LogP contribution in [0.15, 0.2) is 39.9 Å². The van der Waals surface area contributed by atoms with E-state index in [2.05, 4.69) is 15.8 Å². The van der Waals surface area contributed by atoms with Gasteiger partial charge in [0.25, 0.3) is 0 Å². The molecule has 0 unspecified atom stereocenters. The molecule has 2 rings (SSSR count). The average molecular weight is 320 g/mol. The molecule has 0 bridgehead atoms. The van der Waals surface area contributed by atoms with Crippen LogP contribution in [0.4, 0.5) is 5.69 Å². The van der Waals surface area contributed by atoms with E-state index in [1.165, 1.54) is 6.21 Å². The average Bonchev–Trinajstić information content (AvgIpc) is 2.89. The number of hydrazone groups is 1. The number of amides is 2. The lowest BCUT2D eigenvalue weighted by Gasteiger charge is -2.08. The van der Waals surface area contributed by atoms with Crippen molar-refractivity contribution in [3.05, 3.63) is 52.4 Å². The molecule has 0 aliphatic rings. The monoisotopic (exact) mass is 319 g/mol. The molecule has 1 heterocycles. The van der Waals surface area contributed by atoms with E-state index in [1.54, 1.807) is 44.2 Å². The third kappa shape index (κ3) is 3.95. The number of furan rings is 1. The highest BCUT2D eigenvalue weighted by Crippen LogP contribution is 2.22. The van der Waals surface area contributed by atoms with E-state index in [0.29, 0.717) is 22.0 Å². The molecule has 2 N–H and O–H groups in total. The van der Waals surface area contributed by atoms with Crippen LogP contribution in [0, 0.1) is 13.8 Å². The number of benzene rings is 1. The van der Waals surface area contributed by atoms with Crippen LogP contribution in [-0.4, -0.2) is 18.0 Å². The summed E-state index contributed by atoms with van der Waals surface area (Å²) in [6.45, 7) is 3.53. The number of rotatable bonds is 3. The molecule has 0 radical (unpaired) electrons. The molecule has 22 heavy (non-hydrogen) atoms. The largest absolute Gasteiger partial charge is 0.460 e. The molecule has 0 spiro atoms. The summed E-state index contributed by atoms with van der Waals surface area (Å²) in [4.78, 5) is 23.4. The molecular formula is C15H14ClN3O3. The Bertz CT molecular complexity index is 737. The molecule has 0 saturated carbocycles. The lowest BCUT2D eigenvalue weighted by molar-refractivity contribution is -0.136. The van der Waals surface area contributed by atoms with Crippen LogP contribution in [0.2, 0.25) is 5.02 Å². The fourth-order valence-electron chi connectivity index (χ4n) is 1.65. The molecule has 1 aromatic heterocycles. The van der Waals surface area contributed by atoms with Crippen molar-refractivity contribution in [1.82, 2.24) is 5.43 Å². The molecule has 2 aromatic rings. The fourth-order valence-corrected chi connectivity index (χ4v) is 1.82. The van der Waals surface area contributed by atoms with E-state index in [1.807, 2.05) is 0 Å². The van der Waals surface area contributed by atoms with Crippen molar-refractivity contribution in [2.45, 2.75) is 13.8 Å². The number of carbonyl (C=O) groups excluding carboxylic acids is 2. The maximum atomic E-state index is 11.8. The number of hydrogen-bond acceptors (Lipinski definition) is 4. The number of halogens is 1. The quantitative estimate of drug-likeness (QED) is 0.518. The maximum absolute atomic E-state index is 11.8. The summed E-state index contributed by atoms with van der Waals surface area (Å²) in [5.41, 5.74) is 3.27. The number of nitrogens with zero attached hydrogens (tertiary/aromatic N) is 1. The van der Waals surface area contributed by atoms with Crippen molar-refractivity contribution in [3.63, 3.8) is 0 Å². The number of aryl methyl sites for hydroxylation is 1. The smallest absolute Gasteiger partial charge is 0.329 e. The minimum atomic E-state index is -0.890. The molecule has 114 valence electrons. The van der Waals surface area contributed by atoms with Gasteiger partial charge in [0.05, 0.1) is 6.21 Å². The minimum Gasteiger partial charge on any atom is -0.460 e. The second-order valence-electron chi connectivity index (χ2n) is 4.51. The molecule has 0 fully saturated rings. The van der Waals surface area contributed by atoms with E-state index in [0.717, 1.165) is 5.76 Å². The molecule has 0 aliphatic heterocycles. The lowest BCUT2D eigenvalue weighted by Crippen LogP contribution is -2.32.